The smallest absolute Gasteiger partial charge is 0.242 e. The molecule has 4 aromatic carbocycles. The van der Waals surface area contributed by atoms with Gasteiger partial charge in [-0.3, -0.25) is 33.8 Å². The molecule has 16 heteroatoms. The van der Waals surface area contributed by atoms with Gasteiger partial charge in [0.25, 0.3) is 0 Å². The van der Waals surface area contributed by atoms with Crippen LogP contribution in [0.15, 0.2) is 155 Å². The first-order valence-electron chi connectivity index (χ1n) is 42.7. The first-order valence-corrected chi connectivity index (χ1v) is 42.7. The molecule has 8 fully saturated rings. The van der Waals surface area contributed by atoms with Crippen molar-refractivity contribution in [3.8, 4) is 0 Å². The minimum Gasteiger partial charge on any atom is -0.393 e. The van der Waals surface area contributed by atoms with Crippen LogP contribution in [0.25, 0.3) is 0 Å². The van der Waals surface area contributed by atoms with Crippen molar-refractivity contribution in [3.05, 3.63) is 188 Å². The monoisotopic (exact) mass is 1510 g/mol. The summed E-state index contributed by atoms with van der Waals surface area (Å²) in [6.07, 6.45) is 22.9. The van der Waals surface area contributed by atoms with Crippen molar-refractivity contribution in [1.29, 1.82) is 0 Å². The SMILES string of the molecule is CC(=O)CCC(=O)N[C@@H](Cc1ccc(C(=O)c2ccccc2)cc1)C(=O)NCCN1C[C@@H](C)C[C@H]2OC3(CC[C@@H]4C(=C3C)C[C@H]3[C@H]4CC=C4C[C@@H](O)CC[C@@]43C)[C@H](C)[C@@H]21.CC1=C2C[C@H]3[C@@H](CC=C4C[C@@H](O)CC[C@@]43C)[C@@H]2CCC12O[C@@H]1C[C@H](C)CN(CCNC(=O)[C@@H](N)Cc3ccc(C(=O)c4ccccc4)cc3)[C@H]1[C@H]2C. The lowest BCUT2D eigenvalue weighted by molar-refractivity contribution is -0.129. The number of allylic oxidation sites excluding steroid dienone is 4. The first kappa shape index (κ1) is 79.2. The molecule has 0 bridgehead atoms. The number of amides is 3. The number of nitrogens with zero attached hydrogens (tertiary/aromatic N) is 2. The number of piperidine rings is 2. The van der Waals surface area contributed by atoms with Crippen LogP contribution in [0.5, 0.6) is 0 Å². The molecule has 0 radical (unpaired) electrons. The standard InChI is InChI=1S/C50H65N3O6.C45H59N3O4/c1-30-25-44-46(33(4)50(59-44)22-20-39-40-17-16-37-27-38(55)19-21-49(37,5)42(40)28-41(39)32(50)3)53(29-30)24-23-51-48(58)43(52-45(56)18-11-31(2)54)26-34-12-14-36(15-13-34)47(57)35-9-7-6-8-10-35;1-27-22-40-41(48(26-27)21-20-47-43(51)39(46)23-30-10-12-32(13-11-30)42(50)31-8-6-5-7-9-31)29(3)45(52-40)19-17-35-36-15-14-33-24-34(49)16-18-44(33,4)38(36)25-37(35)28(45)2/h6-10,12-16,30,33,38-40,42-44,46,55H,11,17-29H2,1-5H3,(H,51,58)(H,52,56);5-14,27,29,34-36,38-41,49H,15-26,46H2,1-4H3,(H,47,51)/t30-,33+,38-,39-,40-,42-,43-,44+,46-,49-,50?;27-,29+,34-,35-,36-,38-,39-,40+,41-,44-,45?/m00/s1. The number of ether oxygens (including phenoxy) is 2. The van der Waals surface area contributed by atoms with Gasteiger partial charge < -0.3 is 46.2 Å². The molecule has 4 heterocycles. The van der Waals surface area contributed by atoms with E-state index in [-0.39, 0.29) is 107 Å². The third kappa shape index (κ3) is 15.3. The highest BCUT2D eigenvalue weighted by molar-refractivity contribution is 6.09. The summed E-state index contributed by atoms with van der Waals surface area (Å²) in [6, 6.07) is 32.1. The fourth-order valence-electron chi connectivity index (χ4n) is 24.8. The Hall–Kier alpha value is -7.02. The summed E-state index contributed by atoms with van der Waals surface area (Å²) in [5.74, 6) is 4.80. The lowest BCUT2D eigenvalue weighted by Crippen LogP contribution is -2.55. The molecular formula is C95H124N6O10. The molecule has 2 spiro atoms. The van der Waals surface area contributed by atoms with Crippen LogP contribution in [0.1, 0.15) is 221 Å². The molecule has 4 aromatic rings. The number of benzene rings is 4. The molecule has 12 aliphatic rings. The van der Waals surface area contributed by atoms with Gasteiger partial charge in [-0.15, -0.1) is 0 Å². The highest BCUT2D eigenvalue weighted by Crippen LogP contribution is 2.68. The van der Waals surface area contributed by atoms with E-state index in [1.165, 1.54) is 54.9 Å². The van der Waals surface area contributed by atoms with Crippen molar-refractivity contribution >= 4 is 35.1 Å². The van der Waals surface area contributed by atoms with Crippen molar-refractivity contribution in [2.45, 2.75) is 251 Å². The minimum absolute atomic E-state index is 0.0148. The molecule has 4 saturated heterocycles. The van der Waals surface area contributed by atoms with Gasteiger partial charge in [-0.05, 0) is 210 Å². The van der Waals surface area contributed by atoms with Crippen molar-refractivity contribution in [1.82, 2.24) is 25.8 Å². The molecule has 4 aliphatic heterocycles. The topological polar surface area (TPSA) is 230 Å². The van der Waals surface area contributed by atoms with E-state index >= 15 is 0 Å². The number of nitrogens with one attached hydrogen (secondary N) is 3. The van der Waals surface area contributed by atoms with Gasteiger partial charge >= 0.3 is 0 Å². The van der Waals surface area contributed by atoms with Gasteiger partial charge in [0.1, 0.15) is 11.8 Å². The number of aliphatic hydroxyl groups is 2. The van der Waals surface area contributed by atoms with E-state index in [0.29, 0.717) is 108 Å². The molecule has 594 valence electrons. The van der Waals surface area contributed by atoms with Gasteiger partial charge in [-0.1, -0.05) is 185 Å². The van der Waals surface area contributed by atoms with Crippen LogP contribution in [0.2, 0.25) is 0 Å². The second kappa shape index (κ2) is 32.3. The van der Waals surface area contributed by atoms with E-state index in [9.17, 15) is 39.0 Å². The van der Waals surface area contributed by atoms with E-state index < -0.39 is 12.1 Å². The lowest BCUT2D eigenvalue weighted by Gasteiger charge is -2.49. The number of carbonyl (C=O) groups excluding carboxylic acids is 6. The fraction of sp³-hybridized carbons (Fsp3) is 0.600. The summed E-state index contributed by atoms with van der Waals surface area (Å²) in [7, 11) is 0. The van der Waals surface area contributed by atoms with E-state index in [2.05, 4.69) is 93.3 Å². The summed E-state index contributed by atoms with van der Waals surface area (Å²) >= 11 is 0. The molecule has 8 aliphatic carbocycles. The predicted molar refractivity (Wildman–Crippen MR) is 433 cm³/mol. The van der Waals surface area contributed by atoms with Gasteiger partial charge in [0.15, 0.2) is 11.6 Å². The Morgan fingerprint density at radius 2 is 0.964 bits per heavy atom. The zero-order valence-electron chi connectivity index (χ0n) is 67.5. The number of rotatable bonds is 20. The van der Waals surface area contributed by atoms with Gasteiger partial charge in [0, 0.05) is 105 Å². The highest BCUT2D eigenvalue weighted by Gasteiger charge is 2.64. The molecule has 16 nitrogen and oxygen atoms in total. The average Bonchev–Trinajstić information content (AvgIpc) is 1.55. The summed E-state index contributed by atoms with van der Waals surface area (Å²) in [5, 5.41) is 30.2. The van der Waals surface area contributed by atoms with Crippen LogP contribution < -0.4 is 21.7 Å². The summed E-state index contributed by atoms with van der Waals surface area (Å²) in [5.41, 5.74) is 20.0. The van der Waals surface area contributed by atoms with Crippen LogP contribution in [0, 0.1) is 70.0 Å². The zero-order chi connectivity index (χ0) is 78.0. The predicted octanol–water partition coefficient (Wildman–Crippen LogP) is 13.8. The number of hydrogen-bond donors (Lipinski definition) is 6. The van der Waals surface area contributed by atoms with E-state index in [1.807, 2.05) is 84.9 Å². The molecule has 2 unspecified atom stereocenters. The van der Waals surface area contributed by atoms with Crippen LogP contribution in [-0.4, -0.2) is 154 Å². The summed E-state index contributed by atoms with van der Waals surface area (Å²) in [6.45, 7) is 25.2. The third-order valence-electron chi connectivity index (χ3n) is 30.7. The van der Waals surface area contributed by atoms with Crippen LogP contribution in [0.3, 0.4) is 0 Å². The number of carbonyl (C=O) groups is 6. The summed E-state index contributed by atoms with van der Waals surface area (Å²) < 4.78 is 14.7. The minimum atomic E-state index is -0.832. The molecule has 111 heavy (non-hydrogen) atoms. The Morgan fingerprint density at radius 1 is 0.541 bits per heavy atom. The highest BCUT2D eigenvalue weighted by atomic mass is 16.5. The summed E-state index contributed by atoms with van der Waals surface area (Å²) in [4.78, 5) is 82.6. The van der Waals surface area contributed by atoms with E-state index in [0.717, 1.165) is 114 Å². The van der Waals surface area contributed by atoms with Gasteiger partial charge in [-0.2, -0.15) is 0 Å². The largest absolute Gasteiger partial charge is 0.393 e. The first-order chi connectivity index (χ1) is 53.2. The van der Waals surface area contributed by atoms with Gasteiger partial charge in [-0.25, -0.2) is 0 Å². The molecule has 7 N–H and O–H groups in total. The second-order valence-electron chi connectivity index (χ2n) is 37.1. The molecule has 22 atom stereocenters. The zero-order valence-corrected chi connectivity index (χ0v) is 67.5. The quantitative estimate of drug-likeness (QED) is 0.0358. The normalized spacial score (nSPS) is 35.7. The average molecular weight is 1510 g/mol. The lowest BCUT2D eigenvalue weighted by atomic mass is 9.56. The van der Waals surface area contributed by atoms with Crippen molar-refractivity contribution < 1.29 is 48.5 Å². The maximum absolute atomic E-state index is 13.9. The number of nitrogens with two attached hydrogens (primary N) is 1. The maximum Gasteiger partial charge on any atom is 0.242 e. The van der Waals surface area contributed by atoms with E-state index in [1.54, 1.807) is 35.4 Å². The van der Waals surface area contributed by atoms with Gasteiger partial charge in [0.2, 0.25) is 17.7 Å². The molecule has 16 rings (SSSR count). The van der Waals surface area contributed by atoms with Crippen LogP contribution in [-0.2, 0) is 41.5 Å². The number of aliphatic hydroxyl groups excluding tert-OH is 2. The molecule has 3 amide bonds. The third-order valence-corrected chi connectivity index (χ3v) is 30.7. The molecule has 4 saturated carbocycles. The number of Topliss-reactive ketones (excluding diaryl/α,β-unsaturated/α-hetero) is 1. The maximum atomic E-state index is 13.9. The van der Waals surface area contributed by atoms with Crippen LogP contribution >= 0.6 is 0 Å². The number of fused-ring (bicyclic) bond motifs is 12. The number of likely N-dealkylation sites (tertiary alicyclic amines) is 2. The Labute approximate surface area is 659 Å². The molecular weight excluding hydrogens is 1390 g/mol. The van der Waals surface area contributed by atoms with Crippen molar-refractivity contribution in [2.75, 3.05) is 39.3 Å². The van der Waals surface area contributed by atoms with Crippen LogP contribution in [0.4, 0.5) is 0 Å². The number of ketones is 3. The Bertz CT molecular complexity index is 4270. The second-order valence-corrected chi connectivity index (χ2v) is 37.1. The molecule has 0 aromatic heterocycles. The van der Waals surface area contributed by atoms with Gasteiger partial charge in [0.05, 0.1) is 41.7 Å². The fourth-order valence-corrected chi connectivity index (χ4v) is 24.8. The van der Waals surface area contributed by atoms with Crippen molar-refractivity contribution in [3.63, 3.8) is 0 Å². The Morgan fingerprint density at radius 3 is 1.41 bits per heavy atom. The Balaban J connectivity index is 0.000000177. The van der Waals surface area contributed by atoms with Crippen molar-refractivity contribution in [2.24, 2.45) is 75.7 Å². The number of hydrogen-bond acceptors (Lipinski definition) is 13. The van der Waals surface area contributed by atoms with E-state index in [4.69, 9.17) is 15.2 Å². The Kier molecular flexibility index (Phi) is 23.1.